The Morgan fingerprint density at radius 2 is 1.79 bits per heavy atom. The second-order valence-electron chi connectivity index (χ2n) is 3.56. The average Bonchev–Trinajstić information content (AvgIpc) is 2.42. The summed E-state index contributed by atoms with van der Waals surface area (Å²) in [4.78, 5) is 3.91. The lowest BCUT2D eigenvalue weighted by Crippen LogP contribution is -2.07. The summed E-state index contributed by atoms with van der Waals surface area (Å²) in [6, 6.07) is 8.70. The predicted molar refractivity (Wildman–Crippen MR) is 79.6 cm³/mol. The van der Waals surface area contributed by atoms with Gasteiger partial charge in [0.15, 0.2) is 5.05 Å². The van der Waals surface area contributed by atoms with Gasteiger partial charge < -0.3 is 9.47 Å². The van der Waals surface area contributed by atoms with E-state index in [2.05, 4.69) is 4.98 Å². The van der Waals surface area contributed by atoms with Crippen molar-refractivity contribution >= 4 is 40.5 Å². The van der Waals surface area contributed by atoms with E-state index in [0.717, 1.165) is 5.75 Å². The number of rotatable bonds is 3. The van der Waals surface area contributed by atoms with E-state index in [0.29, 0.717) is 16.3 Å². The molecular formula is C13H9Cl2NO2S. The lowest BCUT2D eigenvalue weighted by atomic mass is 10.3. The largest absolute Gasteiger partial charge is 0.497 e. The number of aromatic nitrogens is 1. The van der Waals surface area contributed by atoms with Crippen molar-refractivity contribution in [3.05, 3.63) is 52.3 Å². The molecule has 98 valence electrons. The van der Waals surface area contributed by atoms with Gasteiger partial charge in [-0.15, -0.1) is 0 Å². The number of thiocarbonyl (C=S) groups is 1. The van der Waals surface area contributed by atoms with E-state index >= 15 is 0 Å². The van der Waals surface area contributed by atoms with Crippen LogP contribution >= 0.6 is 35.4 Å². The topological polar surface area (TPSA) is 31.4 Å². The highest BCUT2D eigenvalue weighted by atomic mass is 35.5. The fourth-order valence-corrected chi connectivity index (χ4v) is 1.82. The van der Waals surface area contributed by atoms with Crippen molar-refractivity contribution < 1.29 is 9.47 Å². The Morgan fingerprint density at radius 1 is 1.16 bits per heavy atom. The van der Waals surface area contributed by atoms with Crippen LogP contribution in [0.1, 0.15) is 5.56 Å². The van der Waals surface area contributed by atoms with E-state index in [4.69, 9.17) is 44.9 Å². The molecule has 0 saturated carbocycles. The van der Waals surface area contributed by atoms with Gasteiger partial charge in [-0.05, 0) is 42.5 Å². The van der Waals surface area contributed by atoms with E-state index in [-0.39, 0.29) is 10.2 Å². The molecule has 0 spiro atoms. The number of benzene rings is 1. The van der Waals surface area contributed by atoms with Gasteiger partial charge in [0.2, 0.25) is 0 Å². The number of nitrogens with zero attached hydrogens (tertiary/aromatic N) is 1. The van der Waals surface area contributed by atoms with Crippen LogP contribution in [-0.4, -0.2) is 17.1 Å². The summed E-state index contributed by atoms with van der Waals surface area (Å²) in [7, 11) is 1.60. The predicted octanol–water partition coefficient (Wildman–Crippen LogP) is 4.15. The Kier molecular flexibility index (Phi) is 4.58. The van der Waals surface area contributed by atoms with Gasteiger partial charge in [-0.2, -0.15) is 0 Å². The minimum Gasteiger partial charge on any atom is -0.497 e. The molecule has 3 nitrogen and oxygen atoms in total. The summed E-state index contributed by atoms with van der Waals surface area (Å²) in [6.45, 7) is 0. The van der Waals surface area contributed by atoms with Crippen molar-refractivity contribution in [2.45, 2.75) is 0 Å². The molecule has 1 heterocycles. The van der Waals surface area contributed by atoms with E-state index < -0.39 is 0 Å². The molecule has 0 aliphatic heterocycles. The van der Waals surface area contributed by atoms with Gasteiger partial charge in [-0.1, -0.05) is 23.2 Å². The molecule has 0 atom stereocenters. The summed E-state index contributed by atoms with van der Waals surface area (Å²) in [5.41, 5.74) is 0.597. The highest BCUT2D eigenvalue weighted by Gasteiger charge is 2.08. The second kappa shape index (κ2) is 6.19. The Morgan fingerprint density at radius 3 is 2.37 bits per heavy atom. The summed E-state index contributed by atoms with van der Waals surface area (Å²) < 4.78 is 10.6. The molecule has 0 saturated heterocycles. The number of ether oxygens (including phenoxy) is 2. The van der Waals surface area contributed by atoms with Gasteiger partial charge >= 0.3 is 0 Å². The van der Waals surface area contributed by atoms with Crippen LogP contribution < -0.4 is 9.47 Å². The molecule has 0 bridgehead atoms. The van der Waals surface area contributed by atoms with Crippen molar-refractivity contribution in [2.24, 2.45) is 0 Å². The van der Waals surface area contributed by atoms with Crippen LogP contribution in [0, 0.1) is 0 Å². The van der Waals surface area contributed by atoms with Gasteiger partial charge in [-0.25, -0.2) is 4.98 Å². The van der Waals surface area contributed by atoms with Crippen LogP contribution in [0.15, 0.2) is 36.5 Å². The Bertz CT molecular complexity index is 602. The van der Waals surface area contributed by atoms with Gasteiger partial charge in [0, 0.05) is 11.8 Å². The molecule has 0 amide bonds. The van der Waals surface area contributed by atoms with Gasteiger partial charge in [0.05, 0.1) is 12.1 Å². The van der Waals surface area contributed by atoms with Gasteiger partial charge in [0.1, 0.15) is 16.7 Å². The lowest BCUT2D eigenvalue weighted by molar-refractivity contribution is 0.414. The summed E-state index contributed by atoms with van der Waals surface area (Å²) in [5.74, 6) is 1.35. The lowest BCUT2D eigenvalue weighted by Gasteiger charge is -2.08. The maximum absolute atomic E-state index is 5.87. The fourth-order valence-electron chi connectivity index (χ4n) is 1.34. The van der Waals surface area contributed by atoms with Crippen LogP contribution in [0.4, 0.5) is 0 Å². The number of hydrogen-bond acceptors (Lipinski definition) is 4. The van der Waals surface area contributed by atoms with Crippen molar-refractivity contribution in [3.8, 4) is 11.5 Å². The molecule has 0 radical (unpaired) electrons. The summed E-state index contributed by atoms with van der Waals surface area (Å²) >= 11 is 16.8. The van der Waals surface area contributed by atoms with Crippen molar-refractivity contribution in [3.63, 3.8) is 0 Å². The number of pyridine rings is 1. The Balaban J connectivity index is 2.13. The molecule has 0 aliphatic carbocycles. The monoisotopic (exact) mass is 313 g/mol. The number of hydrogen-bond donors (Lipinski definition) is 0. The standard InChI is InChI=1S/C13H9Cl2NO2S/c1-17-9-2-4-10(5-3-9)18-13(19)8-6-11(14)12(15)16-7-8/h2-7H,1H3. The molecule has 2 rings (SSSR count). The highest BCUT2D eigenvalue weighted by molar-refractivity contribution is 7.80. The Hall–Kier alpha value is -1.36. The van der Waals surface area contributed by atoms with Crippen molar-refractivity contribution in [1.82, 2.24) is 4.98 Å². The molecule has 0 N–H and O–H groups in total. The van der Waals surface area contributed by atoms with Crippen LogP contribution in [-0.2, 0) is 0 Å². The first-order valence-electron chi connectivity index (χ1n) is 5.27. The molecule has 0 unspecified atom stereocenters. The quantitative estimate of drug-likeness (QED) is 0.629. The SMILES string of the molecule is COc1ccc(OC(=S)c2cnc(Cl)c(Cl)c2)cc1. The average molecular weight is 314 g/mol. The van der Waals surface area contributed by atoms with E-state index in [1.54, 1.807) is 37.4 Å². The van der Waals surface area contributed by atoms with E-state index in [1.165, 1.54) is 6.20 Å². The second-order valence-corrected chi connectivity index (χ2v) is 4.70. The van der Waals surface area contributed by atoms with Crippen molar-refractivity contribution in [2.75, 3.05) is 7.11 Å². The zero-order valence-corrected chi connectivity index (χ0v) is 12.2. The van der Waals surface area contributed by atoms with Crippen LogP contribution in [0.5, 0.6) is 11.5 Å². The Labute approximate surface area is 126 Å². The normalized spacial score (nSPS) is 10.1. The third kappa shape index (κ3) is 3.56. The highest BCUT2D eigenvalue weighted by Crippen LogP contribution is 2.22. The van der Waals surface area contributed by atoms with Gasteiger partial charge in [-0.3, -0.25) is 0 Å². The van der Waals surface area contributed by atoms with Crippen LogP contribution in [0.2, 0.25) is 10.2 Å². The minimum atomic E-state index is 0.234. The molecule has 19 heavy (non-hydrogen) atoms. The minimum absolute atomic E-state index is 0.234. The first kappa shape index (κ1) is 14.1. The molecule has 1 aromatic carbocycles. The zero-order valence-electron chi connectivity index (χ0n) is 9.89. The smallest absolute Gasteiger partial charge is 0.199 e. The van der Waals surface area contributed by atoms with Crippen LogP contribution in [0.3, 0.4) is 0 Å². The van der Waals surface area contributed by atoms with Gasteiger partial charge in [0.25, 0.3) is 0 Å². The van der Waals surface area contributed by atoms with E-state index in [1.807, 2.05) is 0 Å². The molecule has 0 aliphatic rings. The number of methoxy groups -OCH3 is 1. The third-order valence-electron chi connectivity index (χ3n) is 2.30. The zero-order chi connectivity index (χ0) is 13.8. The first-order valence-corrected chi connectivity index (χ1v) is 6.44. The number of halogens is 2. The molecule has 0 fully saturated rings. The van der Waals surface area contributed by atoms with Crippen molar-refractivity contribution in [1.29, 1.82) is 0 Å². The third-order valence-corrected chi connectivity index (χ3v) is 3.31. The molecular weight excluding hydrogens is 305 g/mol. The maximum Gasteiger partial charge on any atom is 0.199 e. The molecule has 6 heteroatoms. The summed E-state index contributed by atoms with van der Waals surface area (Å²) in [6.07, 6.45) is 1.51. The first-order chi connectivity index (χ1) is 9.10. The molecule has 2 aromatic rings. The van der Waals surface area contributed by atoms with E-state index in [9.17, 15) is 0 Å². The fraction of sp³-hybridized carbons (Fsp3) is 0.0769. The maximum atomic E-state index is 5.87. The summed E-state index contributed by atoms with van der Waals surface area (Å²) in [5, 5.41) is 0.841. The van der Waals surface area contributed by atoms with Crippen LogP contribution in [0.25, 0.3) is 0 Å². The molecule has 1 aromatic heterocycles.